The first-order chi connectivity index (χ1) is 7.06. The molecule has 1 rings (SSSR count). The standard InChI is InChI=1S/C7H5N3O5/c11-8-4-5-1-2-6(9(12)13)3-7(5)10(14)15/h1-4,11H/b8-4-. The molecule has 8 heteroatoms. The molecule has 0 amide bonds. The number of non-ortho nitro benzene ring substituents is 1. The molecule has 0 aliphatic rings. The minimum Gasteiger partial charge on any atom is -0.411 e. The summed E-state index contributed by atoms with van der Waals surface area (Å²) in [5, 5.41) is 31.7. The molecule has 1 aromatic rings. The second-order valence-corrected chi connectivity index (χ2v) is 2.50. The lowest BCUT2D eigenvalue weighted by Gasteiger charge is -1.96. The van der Waals surface area contributed by atoms with Crippen molar-refractivity contribution in [3.05, 3.63) is 44.0 Å². The van der Waals surface area contributed by atoms with Crippen LogP contribution in [-0.2, 0) is 0 Å². The Morgan fingerprint density at radius 3 is 2.40 bits per heavy atom. The maximum absolute atomic E-state index is 10.5. The van der Waals surface area contributed by atoms with Crippen molar-refractivity contribution in [2.45, 2.75) is 0 Å². The lowest BCUT2D eigenvalue weighted by Crippen LogP contribution is -1.97. The number of nitro groups is 2. The van der Waals surface area contributed by atoms with E-state index in [1.165, 1.54) is 0 Å². The molecular weight excluding hydrogens is 206 g/mol. The van der Waals surface area contributed by atoms with Gasteiger partial charge in [0.05, 0.1) is 27.7 Å². The van der Waals surface area contributed by atoms with E-state index in [2.05, 4.69) is 5.16 Å². The third-order valence-electron chi connectivity index (χ3n) is 1.62. The van der Waals surface area contributed by atoms with E-state index in [0.717, 1.165) is 24.4 Å². The molecule has 0 saturated carbocycles. The summed E-state index contributed by atoms with van der Waals surface area (Å²) >= 11 is 0. The number of rotatable bonds is 3. The zero-order valence-electron chi connectivity index (χ0n) is 7.23. The van der Waals surface area contributed by atoms with Crippen LogP contribution in [0.3, 0.4) is 0 Å². The molecule has 0 bridgehead atoms. The zero-order chi connectivity index (χ0) is 11.4. The number of hydrogen-bond acceptors (Lipinski definition) is 6. The number of oxime groups is 1. The summed E-state index contributed by atoms with van der Waals surface area (Å²) < 4.78 is 0. The van der Waals surface area contributed by atoms with Gasteiger partial charge in [-0.05, 0) is 6.07 Å². The Morgan fingerprint density at radius 2 is 1.93 bits per heavy atom. The van der Waals surface area contributed by atoms with E-state index in [0.29, 0.717) is 0 Å². The van der Waals surface area contributed by atoms with Gasteiger partial charge in [0, 0.05) is 6.07 Å². The highest BCUT2D eigenvalue weighted by Gasteiger charge is 2.17. The molecule has 0 atom stereocenters. The summed E-state index contributed by atoms with van der Waals surface area (Å²) in [6.45, 7) is 0. The van der Waals surface area contributed by atoms with E-state index in [1.54, 1.807) is 0 Å². The minimum atomic E-state index is -0.788. The van der Waals surface area contributed by atoms with Gasteiger partial charge in [0.1, 0.15) is 0 Å². The van der Waals surface area contributed by atoms with Gasteiger partial charge in [0.2, 0.25) is 0 Å². The fourth-order valence-electron chi connectivity index (χ4n) is 0.975. The van der Waals surface area contributed by atoms with Crippen LogP contribution >= 0.6 is 0 Å². The molecule has 0 aliphatic heterocycles. The van der Waals surface area contributed by atoms with Gasteiger partial charge in [-0.2, -0.15) is 0 Å². The molecule has 0 aromatic heterocycles. The first-order valence-corrected chi connectivity index (χ1v) is 3.66. The van der Waals surface area contributed by atoms with E-state index in [9.17, 15) is 20.2 Å². The third-order valence-corrected chi connectivity index (χ3v) is 1.62. The highest BCUT2D eigenvalue weighted by atomic mass is 16.6. The van der Waals surface area contributed by atoms with Crippen LogP contribution in [0.4, 0.5) is 11.4 Å². The van der Waals surface area contributed by atoms with Crippen molar-refractivity contribution in [3.63, 3.8) is 0 Å². The van der Waals surface area contributed by atoms with Crippen molar-refractivity contribution < 1.29 is 15.1 Å². The Labute approximate surface area is 82.7 Å². The van der Waals surface area contributed by atoms with Gasteiger partial charge < -0.3 is 5.21 Å². The molecule has 0 saturated heterocycles. The Hall–Kier alpha value is -2.51. The van der Waals surface area contributed by atoms with Crippen LogP contribution in [0.2, 0.25) is 0 Å². The van der Waals surface area contributed by atoms with Crippen LogP contribution in [0.1, 0.15) is 5.56 Å². The summed E-state index contributed by atoms with van der Waals surface area (Å²) in [6.07, 6.45) is 0.835. The van der Waals surface area contributed by atoms with Crippen LogP contribution in [0, 0.1) is 20.2 Å². The molecule has 1 N–H and O–H groups in total. The zero-order valence-corrected chi connectivity index (χ0v) is 7.23. The van der Waals surface area contributed by atoms with Crippen molar-refractivity contribution in [2.75, 3.05) is 0 Å². The molecule has 1 aromatic carbocycles. The van der Waals surface area contributed by atoms with Crippen molar-refractivity contribution in [3.8, 4) is 0 Å². The van der Waals surface area contributed by atoms with Gasteiger partial charge in [-0.1, -0.05) is 5.16 Å². The first kappa shape index (κ1) is 10.6. The van der Waals surface area contributed by atoms with Gasteiger partial charge in [0.25, 0.3) is 11.4 Å². The molecule has 0 spiro atoms. The fraction of sp³-hybridized carbons (Fsp3) is 0. The molecule has 0 unspecified atom stereocenters. The number of benzene rings is 1. The van der Waals surface area contributed by atoms with Gasteiger partial charge in [0.15, 0.2) is 0 Å². The Kier molecular flexibility index (Phi) is 2.91. The smallest absolute Gasteiger partial charge is 0.285 e. The summed E-state index contributed by atoms with van der Waals surface area (Å²) in [5.41, 5.74) is -0.883. The van der Waals surface area contributed by atoms with Gasteiger partial charge in [-0.3, -0.25) is 20.2 Å². The molecule has 15 heavy (non-hydrogen) atoms. The normalized spacial score (nSPS) is 10.4. The van der Waals surface area contributed by atoms with E-state index in [1.807, 2.05) is 0 Å². The maximum atomic E-state index is 10.5. The molecule has 78 valence electrons. The molecular formula is C7H5N3O5. The molecule has 0 heterocycles. The Morgan fingerprint density at radius 1 is 1.27 bits per heavy atom. The SMILES string of the molecule is O=[N+]([O-])c1ccc(/C=N\O)c([N+](=O)[O-])c1. The van der Waals surface area contributed by atoms with E-state index >= 15 is 0 Å². The highest BCUT2D eigenvalue weighted by molar-refractivity contribution is 5.85. The maximum Gasteiger partial charge on any atom is 0.285 e. The quantitative estimate of drug-likeness (QED) is 0.349. The summed E-state index contributed by atoms with van der Waals surface area (Å²) in [5.74, 6) is 0. The van der Waals surface area contributed by atoms with Gasteiger partial charge >= 0.3 is 0 Å². The van der Waals surface area contributed by atoms with Crippen LogP contribution in [0.25, 0.3) is 0 Å². The van der Waals surface area contributed by atoms with Crippen molar-refractivity contribution in [1.29, 1.82) is 0 Å². The van der Waals surface area contributed by atoms with Gasteiger partial charge in [-0.15, -0.1) is 0 Å². The monoisotopic (exact) mass is 211 g/mol. The van der Waals surface area contributed by atoms with E-state index < -0.39 is 21.2 Å². The van der Waals surface area contributed by atoms with Gasteiger partial charge in [-0.25, -0.2) is 0 Å². The molecule has 8 nitrogen and oxygen atoms in total. The second-order valence-electron chi connectivity index (χ2n) is 2.50. The van der Waals surface area contributed by atoms with Crippen LogP contribution in [-0.4, -0.2) is 21.3 Å². The lowest BCUT2D eigenvalue weighted by molar-refractivity contribution is -0.394. The molecule has 0 fully saturated rings. The van der Waals surface area contributed by atoms with Crippen LogP contribution in [0.15, 0.2) is 23.4 Å². The van der Waals surface area contributed by atoms with Crippen molar-refractivity contribution >= 4 is 17.6 Å². The van der Waals surface area contributed by atoms with Crippen LogP contribution < -0.4 is 0 Å². The van der Waals surface area contributed by atoms with E-state index in [-0.39, 0.29) is 5.56 Å². The number of hydrogen-bond donors (Lipinski definition) is 1. The summed E-state index contributed by atoms with van der Waals surface area (Å²) in [7, 11) is 0. The highest BCUT2D eigenvalue weighted by Crippen LogP contribution is 2.23. The topological polar surface area (TPSA) is 119 Å². The van der Waals surface area contributed by atoms with Crippen molar-refractivity contribution in [1.82, 2.24) is 0 Å². The summed E-state index contributed by atoms with van der Waals surface area (Å²) in [4.78, 5) is 19.3. The predicted octanol–water partition coefficient (Wildman–Crippen LogP) is 1.31. The van der Waals surface area contributed by atoms with Crippen LogP contribution in [0.5, 0.6) is 0 Å². The summed E-state index contributed by atoms with van der Waals surface area (Å²) in [6, 6.07) is 3.02. The largest absolute Gasteiger partial charge is 0.411 e. The predicted molar refractivity (Wildman–Crippen MR) is 49.1 cm³/mol. The Balaban J connectivity index is 3.33. The van der Waals surface area contributed by atoms with Crippen molar-refractivity contribution in [2.24, 2.45) is 5.16 Å². The number of nitrogens with zero attached hydrogens (tertiary/aromatic N) is 3. The molecule has 0 aliphatic carbocycles. The van der Waals surface area contributed by atoms with E-state index in [4.69, 9.17) is 5.21 Å². The second kappa shape index (κ2) is 4.13. The fourth-order valence-corrected chi connectivity index (χ4v) is 0.975. The minimum absolute atomic E-state index is 0.00639. The lowest BCUT2D eigenvalue weighted by atomic mass is 10.2. The average molecular weight is 211 g/mol. The number of nitro benzene ring substituents is 2. The Bertz CT molecular complexity index is 442. The average Bonchev–Trinajstić information content (AvgIpc) is 2.18. The third kappa shape index (κ3) is 2.24. The first-order valence-electron chi connectivity index (χ1n) is 3.66. The molecule has 0 radical (unpaired) electrons.